The van der Waals surface area contributed by atoms with Crippen LogP contribution in [0.4, 0.5) is 11.4 Å². The van der Waals surface area contributed by atoms with Crippen molar-refractivity contribution in [1.29, 1.82) is 0 Å². The van der Waals surface area contributed by atoms with Gasteiger partial charge < -0.3 is 5.32 Å². The van der Waals surface area contributed by atoms with Crippen molar-refractivity contribution in [3.63, 3.8) is 0 Å². The van der Waals surface area contributed by atoms with Gasteiger partial charge in [-0.2, -0.15) is 0 Å². The summed E-state index contributed by atoms with van der Waals surface area (Å²) in [5, 5.41) is 3.44. The third-order valence-corrected chi connectivity index (χ3v) is 5.90. The van der Waals surface area contributed by atoms with Crippen molar-refractivity contribution in [2.24, 2.45) is 11.8 Å². The van der Waals surface area contributed by atoms with Gasteiger partial charge >= 0.3 is 0 Å². The molecule has 2 atom stereocenters. The summed E-state index contributed by atoms with van der Waals surface area (Å²) in [6.45, 7) is 0. The van der Waals surface area contributed by atoms with Crippen molar-refractivity contribution < 1.29 is 14.4 Å². The van der Waals surface area contributed by atoms with Gasteiger partial charge in [-0.3, -0.25) is 19.3 Å². The minimum Gasteiger partial charge on any atom is -0.322 e. The van der Waals surface area contributed by atoms with Gasteiger partial charge in [-0.1, -0.05) is 33.6 Å². The van der Waals surface area contributed by atoms with Crippen molar-refractivity contribution >= 4 is 56.6 Å². The molecule has 2 aliphatic rings. The summed E-state index contributed by atoms with van der Waals surface area (Å²) in [5.74, 6) is -1.45. The van der Waals surface area contributed by atoms with Gasteiger partial charge in [0.1, 0.15) is 0 Å². The molecular formula is C21H16BrClN2O3. The molecule has 1 fully saturated rings. The Kier molecular flexibility index (Phi) is 5.08. The Bertz CT molecular complexity index is 986. The topological polar surface area (TPSA) is 66.5 Å². The highest BCUT2D eigenvalue weighted by molar-refractivity contribution is 9.10. The van der Waals surface area contributed by atoms with E-state index in [0.29, 0.717) is 34.8 Å². The summed E-state index contributed by atoms with van der Waals surface area (Å²) in [6.07, 6.45) is 2.70. The summed E-state index contributed by atoms with van der Waals surface area (Å²) in [7, 11) is 0. The second kappa shape index (κ2) is 7.53. The summed E-state index contributed by atoms with van der Waals surface area (Å²) >= 11 is 9.40. The van der Waals surface area contributed by atoms with Crippen LogP contribution in [0, 0.1) is 11.8 Å². The molecule has 1 N–H and O–H groups in total. The summed E-state index contributed by atoms with van der Waals surface area (Å²) in [6, 6.07) is 13.7. The quantitative estimate of drug-likeness (QED) is 0.675. The molecule has 28 heavy (non-hydrogen) atoms. The number of carbonyl (C=O) groups excluding carboxylic acids is 3. The Labute approximate surface area is 175 Å². The first-order valence-electron chi connectivity index (χ1n) is 8.83. The molecule has 1 aliphatic carbocycles. The van der Waals surface area contributed by atoms with E-state index in [1.54, 1.807) is 36.4 Å². The Morgan fingerprint density at radius 3 is 2.32 bits per heavy atom. The Morgan fingerprint density at radius 1 is 1.00 bits per heavy atom. The highest BCUT2D eigenvalue weighted by Crippen LogP contribution is 2.40. The fourth-order valence-corrected chi connectivity index (χ4v) is 4.10. The monoisotopic (exact) mass is 458 g/mol. The second-order valence-corrected chi connectivity index (χ2v) is 8.22. The predicted octanol–water partition coefficient (Wildman–Crippen LogP) is 4.72. The Balaban J connectivity index is 1.50. The molecule has 7 heteroatoms. The molecule has 4 rings (SSSR count). The predicted molar refractivity (Wildman–Crippen MR) is 111 cm³/mol. The van der Waals surface area contributed by atoms with E-state index in [1.807, 2.05) is 18.2 Å². The molecule has 0 radical (unpaired) electrons. The smallest absolute Gasteiger partial charge is 0.255 e. The zero-order chi connectivity index (χ0) is 19.8. The van der Waals surface area contributed by atoms with Crippen LogP contribution < -0.4 is 10.2 Å². The van der Waals surface area contributed by atoms with Gasteiger partial charge in [0.15, 0.2) is 0 Å². The van der Waals surface area contributed by atoms with E-state index in [-0.39, 0.29) is 23.6 Å². The molecule has 2 aromatic carbocycles. The van der Waals surface area contributed by atoms with Crippen LogP contribution in [0.1, 0.15) is 23.2 Å². The number of rotatable bonds is 3. The zero-order valence-electron chi connectivity index (χ0n) is 14.7. The highest BCUT2D eigenvalue weighted by Gasteiger charge is 2.48. The molecule has 3 amide bonds. The normalized spacial score (nSPS) is 21.4. The minimum absolute atomic E-state index is 0.206. The summed E-state index contributed by atoms with van der Waals surface area (Å²) in [5.41, 5.74) is 1.59. The third kappa shape index (κ3) is 3.50. The van der Waals surface area contributed by atoms with Crippen LogP contribution in [-0.4, -0.2) is 17.7 Å². The van der Waals surface area contributed by atoms with E-state index in [0.717, 1.165) is 4.47 Å². The number of nitrogens with one attached hydrogen (secondary N) is 1. The summed E-state index contributed by atoms with van der Waals surface area (Å²) in [4.78, 5) is 39.0. The highest BCUT2D eigenvalue weighted by atomic mass is 79.9. The van der Waals surface area contributed by atoms with Crippen molar-refractivity contribution in [2.45, 2.75) is 12.8 Å². The molecule has 1 saturated heterocycles. The van der Waals surface area contributed by atoms with Crippen LogP contribution in [-0.2, 0) is 9.59 Å². The number of amides is 3. The standard InChI is InChI=1S/C21H16BrClN2O3/c22-13-3-6-15(7-4-13)24-19(26)12-1-8-16(9-2-12)25-20(27)17-10-5-14(23)11-18(17)21(25)28/h1-9,17-18H,10-11H2,(H,24,26)/t17-,18-/m1/s1. The molecule has 5 nitrogen and oxygen atoms in total. The Hall–Kier alpha value is -2.44. The van der Waals surface area contributed by atoms with Gasteiger partial charge in [-0.25, -0.2) is 0 Å². The number of fused-ring (bicyclic) bond motifs is 1. The van der Waals surface area contributed by atoms with Crippen LogP contribution in [0.25, 0.3) is 0 Å². The van der Waals surface area contributed by atoms with E-state index < -0.39 is 5.92 Å². The molecule has 1 aliphatic heterocycles. The molecule has 0 aromatic heterocycles. The maximum Gasteiger partial charge on any atom is 0.255 e. The third-order valence-electron chi connectivity index (χ3n) is 5.06. The molecule has 1 heterocycles. The number of allylic oxidation sites excluding steroid dienone is 2. The van der Waals surface area contributed by atoms with Crippen LogP contribution in [0.2, 0.25) is 0 Å². The lowest BCUT2D eigenvalue weighted by molar-refractivity contribution is -0.122. The number of hydrogen-bond acceptors (Lipinski definition) is 3. The molecule has 0 unspecified atom stereocenters. The molecule has 0 spiro atoms. The zero-order valence-corrected chi connectivity index (χ0v) is 17.0. The lowest BCUT2D eigenvalue weighted by atomic mass is 9.85. The van der Waals surface area contributed by atoms with E-state index >= 15 is 0 Å². The number of halogens is 2. The van der Waals surface area contributed by atoms with E-state index in [2.05, 4.69) is 21.2 Å². The lowest BCUT2D eigenvalue weighted by Crippen LogP contribution is -2.30. The van der Waals surface area contributed by atoms with Crippen molar-refractivity contribution in [3.8, 4) is 0 Å². The number of imide groups is 1. The first-order chi connectivity index (χ1) is 13.4. The first-order valence-corrected chi connectivity index (χ1v) is 10.0. The molecule has 142 valence electrons. The summed E-state index contributed by atoms with van der Waals surface area (Å²) < 4.78 is 0.923. The van der Waals surface area contributed by atoms with Gasteiger partial charge in [-0.05, 0) is 61.4 Å². The SMILES string of the molecule is O=C(Nc1ccc(Br)cc1)c1ccc(N2C(=O)[C@@H]3CC=C(Cl)C[C@H]3C2=O)cc1. The fraction of sp³-hybridized carbons (Fsp3) is 0.190. The van der Waals surface area contributed by atoms with E-state index in [1.165, 1.54) is 4.90 Å². The van der Waals surface area contributed by atoms with E-state index in [9.17, 15) is 14.4 Å². The maximum atomic E-state index is 12.7. The maximum absolute atomic E-state index is 12.7. The van der Waals surface area contributed by atoms with E-state index in [4.69, 9.17) is 11.6 Å². The van der Waals surface area contributed by atoms with Crippen LogP contribution >= 0.6 is 27.5 Å². The number of carbonyl (C=O) groups is 3. The van der Waals surface area contributed by atoms with Gasteiger partial charge in [0.25, 0.3) is 5.91 Å². The van der Waals surface area contributed by atoms with Crippen molar-refractivity contribution in [2.75, 3.05) is 10.2 Å². The average molecular weight is 460 g/mol. The molecule has 0 bridgehead atoms. The number of nitrogens with zero attached hydrogens (tertiary/aromatic N) is 1. The molecule has 2 aromatic rings. The number of benzene rings is 2. The number of anilines is 2. The lowest BCUT2D eigenvalue weighted by Gasteiger charge is -2.17. The second-order valence-electron chi connectivity index (χ2n) is 6.82. The van der Waals surface area contributed by atoms with Gasteiger partial charge in [0, 0.05) is 20.8 Å². The largest absolute Gasteiger partial charge is 0.322 e. The Morgan fingerprint density at radius 2 is 1.64 bits per heavy atom. The average Bonchev–Trinajstić information content (AvgIpc) is 2.93. The first kappa shape index (κ1) is 18.9. The van der Waals surface area contributed by atoms with Crippen LogP contribution in [0.15, 0.2) is 64.1 Å². The molecule has 0 saturated carbocycles. The van der Waals surface area contributed by atoms with Gasteiger partial charge in [-0.15, -0.1) is 0 Å². The van der Waals surface area contributed by atoms with Crippen molar-refractivity contribution in [1.82, 2.24) is 0 Å². The molecular weight excluding hydrogens is 444 g/mol. The van der Waals surface area contributed by atoms with Gasteiger partial charge in [0.2, 0.25) is 11.8 Å². The fourth-order valence-electron chi connectivity index (χ4n) is 3.58. The van der Waals surface area contributed by atoms with Crippen molar-refractivity contribution in [3.05, 3.63) is 69.7 Å². The minimum atomic E-state index is -0.398. The number of hydrogen-bond donors (Lipinski definition) is 1. The van der Waals surface area contributed by atoms with Gasteiger partial charge in [0.05, 0.1) is 17.5 Å². The van der Waals surface area contributed by atoms with Crippen LogP contribution in [0.3, 0.4) is 0 Å². The van der Waals surface area contributed by atoms with Crippen LogP contribution in [0.5, 0.6) is 0 Å².